The summed E-state index contributed by atoms with van der Waals surface area (Å²) in [5, 5.41) is 3.18. The molecule has 1 aromatic rings. The summed E-state index contributed by atoms with van der Waals surface area (Å²) >= 11 is 0. The molecule has 1 unspecified atom stereocenters. The second-order valence-corrected chi connectivity index (χ2v) is 3.24. The standard InChI is InChI=1S/C11H18N2O/c1-14-8-7-13-11(12)9-10-5-3-2-4-6-10/h2-6,11,13H,7-9,12H2,1H3. The normalized spacial score (nSPS) is 12.7. The van der Waals surface area contributed by atoms with Crippen LogP contribution < -0.4 is 11.1 Å². The SMILES string of the molecule is COCCNC(N)Cc1ccccc1. The molecule has 0 amide bonds. The number of nitrogens with one attached hydrogen (secondary N) is 1. The van der Waals surface area contributed by atoms with Crippen molar-refractivity contribution < 1.29 is 4.74 Å². The third kappa shape index (κ3) is 4.37. The number of nitrogens with two attached hydrogens (primary N) is 1. The van der Waals surface area contributed by atoms with Crippen molar-refractivity contribution in [2.24, 2.45) is 5.73 Å². The highest BCUT2D eigenvalue weighted by Gasteiger charge is 2.01. The predicted octanol–water partition coefficient (Wildman–Crippen LogP) is 0.750. The van der Waals surface area contributed by atoms with Crippen molar-refractivity contribution in [2.45, 2.75) is 12.6 Å². The summed E-state index contributed by atoms with van der Waals surface area (Å²) in [4.78, 5) is 0. The van der Waals surface area contributed by atoms with Gasteiger partial charge in [-0.15, -0.1) is 0 Å². The Morgan fingerprint density at radius 2 is 2.07 bits per heavy atom. The van der Waals surface area contributed by atoms with Gasteiger partial charge in [0.25, 0.3) is 0 Å². The Kier molecular flexibility index (Phi) is 5.22. The van der Waals surface area contributed by atoms with Crippen LogP contribution in [0.2, 0.25) is 0 Å². The van der Waals surface area contributed by atoms with E-state index in [0.29, 0.717) is 6.61 Å². The quantitative estimate of drug-likeness (QED) is 0.519. The highest BCUT2D eigenvalue weighted by atomic mass is 16.5. The molecule has 1 aromatic carbocycles. The highest BCUT2D eigenvalue weighted by molar-refractivity contribution is 5.15. The zero-order valence-electron chi connectivity index (χ0n) is 8.57. The number of hydrogen-bond acceptors (Lipinski definition) is 3. The van der Waals surface area contributed by atoms with Gasteiger partial charge in [0, 0.05) is 20.1 Å². The van der Waals surface area contributed by atoms with Crippen LogP contribution in [-0.4, -0.2) is 26.4 Å². The smallest absolute Gasteiger partial charge is 0.0588 e. The van der Waals surface area contributed by atoms with Gasteiger partial charge in [-0.25, -0.2) is 0 Å². The van der Waals surface area contributed by atoms with Gasteiger partial charge in [0.1, 0.15) is 0 Å². The molecule has 0 saturated heterocycles. The van der Waals surface area contributed by atoms with Crippen molar-refractivity contribution in [3.05, 3.63) is 35.9 Å². The molecule has 1 rings (SSSR count). The minimum atomic E-state index is 0.00699. The summed E-state index contributed by atoms with van der Waals surface area (Å²) in [6, 6.07) is 10.2. The fourth-order valence-electron chi connectivity index (χ4n) is 1.29. The van der Waals surface area contributed by atoms with Crippen LogP contribution in [0.5, 0.6) is 0 Å². The Bertz CT molecular complexity index is 238. The van der Waals surface area contributed by atoms with E-state index in [-0.39, 0.29) is 6.17 Å². The van der Waals surface area contributed by atoms with Gasteiger partial charge in [0.2, 0.25) is 0 Å². The number of benzene rings is 1. The first kappa shape index (κ1) is 11.2. The molecule has 0 bridgehead atoms. The van der Waals surface area contributed by atoms with Gasteiger partial charge in [0.05, 0.1) is 12.8 Å². The number of rotatable bonds is 6. The molecule has 14 heavy (non-hydrogen) atoms. The molecule has 3 heteroatoms. The predicted molar refractivity (Wildman–Crippen MR) is 58.0 cm³/mol. The lowest BCUT2D eigenvalue weighted by atomic mass is 10.1. The maximum Gasteiger partial charge on any atom is 0.0588 e. The van der Waals surface area contributed by atoms with Gasteiger partial charge in [-0.1, -0.05) is 30.3 Å². The molecule has 0 radical (unpaired) electrons. The van der Waals surface area contributed by atoms with Crippen LogP contribution in [0.3, 0.4) is 0 Å². The molecule has 0 heterocycles. The van der Waals surface area contributed by atoms with Crippen LogP contribution >= 0.6 is 0 Å². The Morgan fingerprint density at radius 3 is 2.71 bits per heavy atom. The fourth-order valence-corrected chi connectivity index (χ4v) is 1.29. The van der Waals surface area contributed by atoms with Crippen LogP contribution in [0.25, 0.3) is 0 Å². The Morgan fingerprint density at radius 1 is 1.36 bits per heavy atom. The molecule has 3 nitrogen and oxygen atoms in total. The third-order valence-corrected chi connectivity index (χ3v) is 2.01. The molecule has 0 aliphatic carbocycles. The van der Waals surface area contributed by atoms with E-state index in [1.165, 1.54) is 5.56 Å². The second kappa shape index (κ2) is 6.54. The van der Waals surface area contributed by atoms with E-state index in [9.17, 15) is 0 Å². The van der Waals surface area contributed by atoms with Crippen molar-refractivity contribution in [1.29, 1.82) is 0 Å². The lowest BCUT2D eigenvalue weighted by Gasteiger charge is -2.13. The summed E-state index contributed by atoms with van der Waals surface area (Å²) < 4.78 is 4.92. The summed E-state index contributed by atoms with van der Waals surface area (Å²) in [6.07, 6.45) is 0.859. The van der Waals surface area contributed by atoms with Gasteiger partial charge in [-0.3, -0.25) is 5.32 Å². The number of hydrogen-bond donors (Lipinski definition) is 2. The molecule has 0 spiro atoms. The third-order valence-electron chi connectivity index (χ3n) is 2.01. The average Bonchev–Trinajstić information content (AvgIpc) is 2.20. The molecule has 3 N–H and O–H groups in total. The van der Waals surface area contributed by atoms with Crippen molar-refractivity contribution in [3.8, 4) is 0 Å². The van der Waals surface area contributed by atoms with Crippen LogP contribution in [0.15, 0.2) is 30.3 Å². The molecular formula is C11H18N2O. The first-order valence-corrected chi connectivity index (χ1v) is 4.84. The molecule has 0 aliphatic rings. The zero-order chi connectivity index (χ0) is 10.2. The van der Waals surface area contributed by atoms with E-state index in [1.807, 2.05) is 18.2 Å². The topological polar surface area (TPSA) is 47.3 Å². The van der Waals surface area contributed by atoms with Gasteiger partial charge < -0.3 is 10.5 Å². The van der Waals surface area contributed by atoms with Crippen molar-refractivity contribution in [1.82, 2.24) is 5.32 Å². The zero-order valence-corrected chi connectivity index (χ0v) is 8.57. The molecule has 0 saturated carbocycles. The van der Waals surface area contributed by atoms with Crippen molar-refractivity contribution in [3.63, 3.8) is 0 Å². The van der Waals surface area contributed by atoms with Gasteiger partial charge in [-0.2, -0.15) is 0 Å². The summed E-state index contributed by atoms with van der Waals surface area (Å²) in [7, 11) is 1.68. The second-order valence-electron chi connectivity index (χ2n) is 3.24. The molecule has 0 aliphatic heterocycles. The van der Waals surface area contributed by atoms with Crippen LogP contribution in [0.4, 0.5) is 0 Å². The minimum Gasteiger partial charge on any atom is -0.383 e. The number of methoxy groups -OCH3 is 1. The van der Waals surface area contributed by atoms with Gasteiger partial charge in [-0.05, 0) is 5.56 Å². The van der Waals surface area contributed by atoms with Crippen molar-refractivity contribution in [2.75, 3.05) is 20.3 Å². The average molecular weight is 194 g/mol. The van der Waals surface area contributed by atoms with E-state index in [0.717, 1.165) is 13.0 Å². The van der Waals surface area contributed by atoms with Crippen LogP contribution in [0, 0.1) is 0 Å². The summed E-state index contributed by atoms with van der Waals surface area (Å²) in [5.41, 5.74) is 7.13. The largest absolute Gasteiger partial charge is 0.383 e. The maximum atomic E-state index is 5.88. The molecule has 78 valence electrons. The highest BCUT2D eigenvalue weighted by Crippen LogP contribution is 1.99. The van der Waals surface area contributed by atoms with E-state index in [2.05, 4.69) is 17.4 Å². The van der Waals surface area contributed by atoms with E-state index >= 15 is 0 Å². The monoisotopic (exact) mass is 194 g/mol. The molecule has 1 atom stereocenters. The lowest BCUT2D eigenvalue weighted by Crippen LogP contribution is -2.40. The van der Waals surface area contributed by atoms with E-state index in [1.54, 1.807) is 7.11 Å². The summed E-state index contributed by atoms with van der Waals surface area (Å²) in [6.45, 7) is 1.49. The Balaban J connectivity index is 2.23. The Labute approximate surface area is 85.3 Å². The van der Waals surface area contributed by atoms with Gasteiger partial charge in [0.15, 0.2) is 0 Å². The lowest BCUT2D eigenvalue weighted by molar-refractivity contribution is 0.196. The first-order chi connectivity index (χ1) is 6.83. The fraction of sp³-hybridized carbons (Fsp3) is 0.455. The van der Waals surface area contributed by atoms with Crippen molar-refractivity contribution >= 4 is 0 Å². The molecule has 0 aromatic heterocycles. The molecular weight excluding hydrogens is 176 g/mol. The maximum absolute atomic E-state index is 5.88. The molecule has 0 fully saturated rings. The van der Waals surface area contributed by atoms with E-state index in [4.69, 9.17) is 10.5 Å². The van der Waals surface area contributed by atoms with Gasteiger partial charge >= 0.3 is 0 Å². The summed E-state index contributed by atoms with van der Waals surface area (Å²) in [5.74, 6) is 0. The van der Waals surface area contributed by atoms with E-state index < -0.39 is 0 Å². The van der Waals surface area contributed by atoms with Crippen LogP contribution in [-0.2, 0) is 11.2 Å². The van der Waals surface area contributed by atoms with Crippen LogP contribution in [0.1, 0.15) is 5.56 Å². The Hall–Kier alpha value is -0.900. The number of ether oxygens (including phenoxy) is 1. The first-order valence-electron chi connectivity index (χ1n) is 4.84. The minimum absolute atomic E-state index is 0.00699.